The quantitative estimate of drug-likeness (QED) is 0.583. The molecule has 1 aliphatic carbocycles. The second kappa shape index (κ2) is 7.22. The largest absolute Gasteiger partial charge is 0.466 e. The van der Waals surface area contributed by atoms with Gasteiger partial charge < -0.3 is 10.1 Å². The van der Waals surface area contributed by atoms with E-state index in [1.807, 2.05) is 13.1 Å². The zero-order chi connectivity index (χ0) is 12.7. The summed E-state index contributed by atoms with van der Waals surface area (Å²) in [5.74, 6) is -0.0277. The number of esters is 1. The van der Waals surface area contributed by atoms with Crippen molar-refractivity contribution in [3.8, 4) is 0 Å². The molecule has 0 saturated heterocycles. The van der Waals surface area contributed by atoms with Gasteiger partial charge in [0, 0.05) is 24.5 Å². The van der Waals surface area contributed by atoms with E-state index in [0.717, 1.165) is 19.3 Å². The van der Waals surface area contributed by atoms with E-state index in [1.54, 1.807) is 0 Å². The fourth-order valence-electron chi connectivity index (χ4n) is 2.14. The fraction of sp³-hybridized carbons (Fsp3) is 0.692. The van der Waals surface area contributed by atoms with Crippen LogP contribution in [0.5, 0.6) is 0 Å². The molecule has 0 bridgehead atoms. The predicted molar refractivity (Wildman–Crippen MR) is 65.6 cm³/mol. The van der Waals surface area contributed by atoms with Crippen molar-refractivity contribution in [3.05, 3.63) is 11.6 Å². The summed E-state index contributed by atoms with van der Waals surface area (Å²) in [5, 5.41) is 2.96. The summed E-state index contributed by atoms with van der Waals surface area (Å²) in [6.07, 6.45) is 5.96. The SMILES string of the molecule is CNCC=C(CC1CCCCC1=O)C(=O)OC. The molecular formula is C13H21NO3. The number of rotatable bonds is 5. The van der Waals surface area contributed by atoms with Gasteiger partial charge >= 0.3 is 5.97 Å². The molecule has 1 fully saturated rings. The molecule has 17 heavy (non-hydrogen) atoms. The van der Waals surface area contributed by atoms with Crippen LogP contribution in [-0.4, -0.2) is 32.5 Å². The van der Waals surface area contributed by atoms with Crippen LogP contribution in [-0.2, 0) is 14.3 Å². The van der Waals surface area contributed by atoms with E-state index in [0.29, 0.717) is 25.0 Å². The maximum atomic E-state index is 11.7. The molecule has 0 amide bonds. The predicted octanol–water partition coefficient (Wildman–Crippen LogP) is 1.45. The molecule has 1 saturated carbocycles. The van der Waals surface area contributed by atoms with E-state index >= 15 is 0 Å². The van der Waals surface area contributed by atoms with Gasteiger partial charge in [0.05, 0.1) is 7.11 Å². The molecule has 1 aliphatic rings. The van der Waals surface area contributed by atoms with Crippen molar-refractivity contribution in [3.63, 3.8) is 0 Å². The molecule has 0 heterocycles. The maximum Gasteiger partial charge on any atom is 0.333 e. The lowest BCUT2D eigenvalue weighted by molar-refractivity contribution is -0.136. The molecule has 0 aliphatic heterocycles. The van der Waals surface area contributed by atoms with Gasteiger partial charge in [-0.15, -0.1) is 0 Å². The highest BCUT2D eigenvalue weighted by Crippen LogP contribution is 2.26. The number of Topliss-reactive ketones (excluding diaryl/α,β-unsaturated/α-hetero) is 1. The zero-order valence-corrected chi connectivity index (χ0v) is 10.6. The van der Waals surface area contributed by atoms with Crippen LogP contribution < -0.4 is 5.32 Å². The molecular weight excluding hydrogens is 218 g/mol. The Hall–Kier alpha value is -1.16. The third-order valence-electron chi connectivity index (χ3n) is 3.15. The molecule has 1 atom stereocenters. The van der Waals surface area contributed by atoms with Gasteiger partial charge in [0.15, 0.2) is 0 Å². The Morgan fingerprint density at radius 2 is 2.29 bits per heavy atom. The van der Waals surface area contributed by atoms with E-state index in [1.165, 1.54) is 7.11 Å². The molecule has 0 radical (unpaired) electrons. The van der Waals surface area contributed by atoms with Gasteiger partial charge in [-0.1, -0.05) is 12.5 Å². The number of ketones is 1. The van der Waals surface area contributed by atoms with Crippen LogP contribution in [0.1, 0.15) is 32.1 Å². The topological polar surface area (TPSA) is 55.4 Å². The summed E-state index contributed by atoms with van der Waals surface area (Å²) >= 11 is 0. The third kappa shape index (κ3) is 4.30. The number of hydrogen-bond donors (Lipinski definition) is 1. The van der Waals surface area contributed by atoms with Crippen LogP contribution in [0.25, 0.3) is 0 Å². The first-order chi connectivity index (χ1) is 8.19. The number of likely N-dealkylation sites (N-methyl/N-ethyl adjacent to an activating group) is 1. The van der Waals surface area contributed by atoms with Crippen molar-refractivity contribution in [1.82, 2.24) is 5.32 Å². The zero-order valence-electron chi connectivity index (χ0n) is 10.6. The fourth-order valence-corrected chi connectivity index (χ4v) is 2.14. The van der Waals surface area contributed by atoms with E-state index in [4.69, 9.17) is 4.74 Å². The Labute approximate surface area is 102 Å². The average Bonchev–Trinajstić information content (AvgIpc) is 2.35. The number of carbonyl (C=O) groups is 2. The molecule has 0 aromatic heterocycles. The minimum absolute atomic E-state index is 0.00551. The lowest BCUT2D eigenvalue weighted by Crippen LogP contribution is -2.22. The van der Waals surface area contributed by atoms with E-state index in [-0.39, 0.29) is 17.7 Å². The minimum atomic E-state index is -0.321. The van der Waals surface area contributed by atoms with Crippen LogP contribution in [0.4, 0.5) is 0 Å². The van der Waals surface area contributed by atoms with Crippen molar-refractivity contribution in [2.24, 2.45) is 5.92 Å². The average molecular weight is 239 g/mol. The summed E-state index contributed by atoms with van der Waals surface area (Å²) in [7, 11) is 3.19. The van der Waals surface area contributed by atoms with Crippen molar-refractivity contribution in [1.29, 1.82) is 0 Å². The Kier molecular flexibility index (Phi) is 5.91. The molecule has 4 nitrogen and oxygen atoms in total. The highest BCUT2D eigenvalue weighted by Gasteiger charge is 2.25. The van der Waals surface area contributed by atoms with Crippen molar-refractivity contribution < 1.29 is 14.3 Å². The first-order valence-corrected chi connectivity index (χ1v) is 6.13. The van der Waals surface area contributed by atoms with Gasteiger partial charge in [-0.05, 0) is 26.3 Å². The highest BCUT2D eigenvalue weighted by atomic mass is 16.5. The van der Waals surface area contributed by atoms with Gasteiger partial charge in [-0.25, -0.2) is 4.79 Å². The van der Waals surface area contributed by atoms with Gasteiger partial charge in [-0.2, -0.15) is 0 Å². The van der Waals surface area contributed by atoms with Crippen LogP contribution in [0.2, 0.25) is 0 Å². The van der Waals surface area contributed by atoms with E-state index in [9.17, 15) is 9.59 Å². The number of methoxy groups -OCH3 is 1. The van der Waals surface area contributed by atoms with Crippen LogP contribution >= 0.6 is 0 Å². The summed E-state index contributed by atoms with van der Waals surface area (Å²) in [6.45, 7) is 0.616. The van der Waals surface area contributed by atoms with Gasteiger partial charge in [0.25, 0.3) is 0 Å². The molecule has 1 N–H and O–H groups in total. The number of ether oxygens (including phenoxy) is 1. The number of hydrogen-bond acceptors (Lipinski definition) is 4. The normalized spacial score (nSPS) is 21.4. The van der Waals surface area contributed by atoms with Gasteiger partial charge in [0.1, 0.15) is 5.78 Å². The molecule has 0 spiro atoms. The number of nitrogens with one attached hydrogen (secondary N) is 1. The lowest BCUT2D eigenvalue weighted by Gasteiger charge is -2.20. The van der Waals surface area contributed by atoms with Crippen molar-refractivity contribution in [2.45, 2.75) is 32.1 Å². The molecule has 96 valence electrons. The minimum Gasteiger partial charge on any atom is -0.466 e. The molecule has 0 aromatic carbocycles. The van der Waals surface area contributed by atoms with E-state index in [2.05, 4.69) is 5.32 Å². The van der Waals surface area contributed by atoms with Crippen molar-refractivity contribution >= 4 is 11.8 Å². The Balaban J connectivity index is 2.64. The second-order valence-corrected chi connectivity index (χ2v) is 4.39. The summed E-state index contributed by atoms with van der Waals surface area (Å²) < 4.78 is 4.74. The van der Waals surface area contributed by atoms with Crippen LogP contribution in [0.15, 0.2) is 11.6 Å². The van der Waals surface area contributed by atoms with Crippen LogP contribution in [0, 0.1) is 5.92 Å². The monoisotopic (exact) mass is 239 g/mol. The summed E-state index contributed by atoms with van der Waals surface area (Å²) in [4.78, 5) is 23.3. The highest BCUT2D eigenvalue weighted by molar-refractivity contribution is 5.90. The van der Waals surface area contributed by atoms with E-state index < -0.39 is 0 Å². The molecule has 4 heteroatoms. The smallest absolute Gasteiger partial charge is 0.333 e. The maximum absolute atomic E-state index is 11.7. The Morgan fingerprint density at radius 3 is 2.88 bits per heavy atom. The molecule has 1 rings (SSSR count). The Morgan fingerprint density at radius 1 is 1.53 bits per heavy atom. The summed E-state index contributed by atoms with van der Waals surface area (Å²) in [5.41, 5.74) is 0.613. The first kappa shape index (κ1) is 13.9. The third-order valence-corrected chi connectivity index (χ3v) is 3.15. The van der Waals surface area contributed by atoms with Gasteiger partial charge in [-0.3, -0.25) is 4.79 Å². The molecule has 1 unspecified atom stereocenters. The van der Waals surface area contributed by atoms with Gasteiger partial charge in [0.2, 0.25) is 0 Å². The van der Waals surface area contributed by atoms with Crippen LogP contribution in [0.3, 0.4) is 0 Å². The first-order valence-electron chi connectivity index (χ1n) is 6.13. The number of carbonyl (C=O) groups excluding carboxylic acids is 2. The second-order valence-electron chi connectivity index (χ2n) is 4.39. The lowest BCUT2D eigenvalue weighted by atomic mass is 9.83. The van der Waals surface area contributed by atoms with Crippen molar-refractivity contribution in [2.75, 3.05) is 20.7 Å². The standard InChI is InChI=1S/C13H21NO3/c1-14-8-7-11(13(16)17-2)9-10-5-3-4-6-12(10)15/h7,10,14H,3-6,8-9H2,1-2H3. The summed E-state index contributed by atoms with van der Waals surface area (Å²) in [6, 6.07) is 0. The Bertz CT molecular complexity index is 310. The molecule has 0 aromatic rings.